The number of benzene rings is 1. The van der Waals surface area contributed by atoms with Crippen LogP contribution in [0.2, 0.25) is 10.0 Å². The fraction of sp³-hybridized carbons (Fsp3) is 0.444. The van der Waals surface area contributed by atoms with Crippen molar-refractivity contribution in [3.63, 3.8) is 0 Å². The van der Waals surface area contributed by atoms with Crippen LogP contribution in [-0.2, 0) is 6.54 Å². The molecular weight excluding hydrogens is 393 g/mol. The molecule has 0 saturated carbocycles. The molecule has 1 amide bonds. The van der Waals surface area contributed by atoms with Crippen molar-refractivity contribution in [3.05, 3.63) is 38.8 Å². The van der Waals surface area contributed by atoms with E-state index in [2.05, 4.69) is 22.1 Å². The zero-order valence-electron chi connectivity index (χ0n) is 14.7. The number of thiazole rings is 1. The van der Waals surface area contributed by atoms with Crippen LogP contribution < -0.4 is 10.1 Å². The van der Waals surface area contributed by atoms with E-state index in [0.29, 0.717) is 26.5 Å². The third kappa shape index (κ3) is 4.68. The van der Waals surface area contributed by atoms with E-state index >= 15 is 0 Å². The summed E-state index contributed by atoms with van der Waals surface area (Å²) in [6.07, 6.45) is 2.52. The molecule has 1 fully saturated rings. The van der Waals surface area contributed by atoms with Crippen LogP contribution in [0.4, 0.5) is 5.13 Å². The summed E-state index contributed by atoms with van der Waals surface area (Å²) >= 11 is 13.6. The second kappa shape index (κ2) is 8.57. The highest BCUT2D eigenvalue weighted by atomic mass is 35.5. The van der Waals surface area contributed by atoms with Gasteiger partial charge >= 0.3 is 0 Å². The summed E-state index contributed by atoms with van der Waals surface area (Å²) in [5.74, 6) is 0.784. The number of methoxy groups -OCH3 is 1. The summed E-state index contributed by atoms with van der Waals surface area (Å²) in [7, 11) is 1.48. The van der Waals surface area contributed by atoms with E-state index in [1.165, 1.54) is 43.4 Å². The summed E-state index contributed by atoms with van der Waals surface area (Å²) < 4.78 is 5.10. The van der Waals surface area contributed by atoms with Crippen molar-refractivity contribution in [2.24, 2.45) is 5.92 Å². The standard InChI is InChI=1S/C18H21Cl2N3O2S/c1-11-4-3-5-23(8-11)9-13-10-26-18(21-13)22-17(24)12-6-14(19)16(25-2)15(20)7-12/h6-7,10-11H,3-5,8-9H2,1-2H3,(H,21,22,24). The first kappa shape index (κ1) is 19.4. The number of halogens is 2. The Kier molecular flexibility index (Phi) is 6.40. The summed E-state index contributed by atoms with van der Waals surface area (Å²) in [4.78, 5) is 19.4. The Morgan fingerprint density at radius 2 is 2.15 bits per heavy atom. The summed E-state index contributed by atoms with van der Waals surface area (Å²) in [5, 5.41) is 5.96. The van der Waals surface area contributed by atoms with Gasteiger partial charge in [-0.05, 0) is 37.4 Å². The quantitative estimate of drug-likeness (QED) is 0.753. The number of amides is 1. The Hall–Kier alpha value is -1.34. The summed E-state index contributed by atoms with van der Waals surface area (Å²) in [6.45, 7) is 5.30. The highest BCUT2D eigenvalue weighted by molar-refractivity contribution is 7.14. The lowest BCUT2D eigenvalue weighted by atomic mass is 10.0. The van der Waals surface area contributed by atoms with Crippen LogP contribution in [0.5, 0.6) is 5.75 Å². The summed E-state index contributed by atoms with van der Waals surface area (Å²) in [5.41, 5.74) is 1.34. The van der Waals surface area contributed by atoms with Crippen LogP contribution in [0.3, 0.4) is 0 Å². The molecule has 1 unspecified atom stereocenters. The van der Waals surface area contributed by atoms with Crippen LogP contribution in [-0.4, -0.2) is 36.0 Å². The van der Waals surface area contributed by atoms with Gasteiger partial charge in [-0.3, -0.25) is 15.0 Å². The average Bonchev–Trinajstić information content (AvgIpc) is 3.01. The number of nitrogens with zero attached hydrogens (tertiary/aromatic N) is 2. The SMILES string of the molecule is COc1c(Cl)cc(C(=O)Nc2nc(CN3CCCC(C)C3)cs2)cc1Cl. The molecule has 1 aliphatic rings. The van der Waals surface area contributed by atoms with Crippen molar-refractivity contribution >= 4 is 45.6 Å². The number of hydrogen-bond donors (Lipinski definition) is 1. The largest absolute Gasteiger partial charge is 0.494 e. The monoisotopic (exact) mass is 413 g/mol. The second-order valence-electron chi connectivity index (χ2n) is 6.55. The maximum absolute atomic E-state index is 12.4. The molecule has 1 aromatic carbocycles. The molecule has 0 aliphatic carbocycles. The smallest absolute Gasteiger partial charge is 0.257 e. The van der Waals surface area contributed by atoms with E-state index < -0.39 is 0 Å². The fourth-order valence-electron chi connectivity index (χ4n) is 3.15. The molecule has 0 bridgehead atoms. The normalized spacial score (nSPS) is 17.9. The molecule has 3 rings (SSSR count). The first-order chi connectivity index (χ1) is 12.5. The molecule has 26 heavy (non-hydrogen) atoms. The number of anilines is 1. The lowest BCUT2D eigenvalue weighted by Crippen LogP contribution is -2.33. The number of nitrogens with one attached hydrogen (secondary N) is 1. The Morgan fingerprint density at radius 1 is 1.42 bits per heavy atom. The van der Waals surface area contributed by atoms with E-state index in [4.69, 9.17) is 27.9 Å². The summed E-state index contributed by atoms with van der Waals surface area (Å²) in [6, 6.07) is 3.07. The number of piperidine rings is 1. The third-order valence-corrected chi connectivity index (χ3v) is 5.73. The number of carbonyl (C=O) groups is 1. The highest BCUT2D eigenvalue weighted by Crippen LogP contribution is 2.34. The first-order valence-corrected chi connectivity index (χ1v) is 10.1. The van der Waals surface area contributed by atoms with Crippen molar-refractivity contribution < 1.29 is 9.53 Å². The molecule has 0 spiro atoms. The minimum absolute atomic E-state index is 0.296. The van der Waals surface area contributed by atoms with Crippen LogP contribution in [0.1, 0.15) is 35.8 Å². The maximum atomic E-state index is 12.4. The zero-order chi connectivity index (χ0) is 18.7. The predicted molar refractivity (Wildman–Crippen MR) is 107 cm³/mol. The molecule has 1 saturated heterocycles. The van der Waals surface area contributed by atoms with Gasteiger partial charge in [-0.15, -0.1) is 11.3 Å². The Bertz CT molecular complexity index is 773. The zero-order valence-corrected chi connectivity index (χ0v) is 17.0. The molecule has 1 aromatic heterocycles. The second-order valence-corrected chi connectivity index (χ2v) is 8.23. The van der Waals surface area contributed by atoms with Gasteiger partial charge in [0.15, 0.2) is 10.9 Å². The van der Waals surface area contributed by atoms with E-state index in [0.717, 1.165) is 31.2 Å². The van der Waals surface area contributed by atoms with Gasteiger partial charge in [0.05, 0.1) is 22.8 Å². The number of likely N-dealkylation sites (tertiary alicyclic amines) is 1. The number of ether oxygens (including phenoxy) is 1. The van der Waals surface area contributed by atoms with Crippen molar-refractivity contribution in [2.75, 3.05) is 25.5 Å². The van der Waals surface area contributed by atoms with Gasteiger partial charge in [-0.25, -0.2) is 4.98 Å². The Labute approximate surface area is 167 Å². The number of aromatic nitrogens is 1. The van der Waals surface area contributed by atoms with Gasteiger partial charge in [0, 0.05) is 24.0 Å². The maximum Gasteiger partial charge on any atom is 0.257 e. The third-order valence-electron chi connectivity index (χ3n) is 4.36. The molecule has 140 valence electrons. The number of rotatable bonds is 5. The van der Waals surface area contributed by atoms with E-state index in [1.54, 1.807) is 0 Å². The van der Waals surface area contributed by atoms with Gasteiger partial charge in [-0.2, -0.15) is 0 Å². The molecule has 2 heterocycles. The van der Waals surface area contributed by atoms with Crippen LogP contribution >= 0.6 is 34.5 Å². The lowest BCUT2D eigenvalue weighted by molar-refractivity contribution is 0.102. The van der Waals surface area contributed by atoms with E-state index in [-0.39, 0.29) is 5.91 Å². The van der Waals surface area contributed by atoms with E-state index in [1.807, 2.05) is 5.38 Å². The molecule has 1 aliphatic heterocycles. The van der Waals surface area contributed by atoms with Gasteiger partial charge in [-0.1, -0.05) is 30.1 Å². The fourth-order valence-corrected chi connectivity index (χ4v) is 4.49. The minimum atomic E-state index is -0.302. The Balaban J connectivity index is 1.64. The van der Waals surface area contributed by atoms with Crippen molar-refractivity contribution in [1.29, 1.82) is 0 Å². The Morgan fingerprint density at radius 3 is 2.81 bits per heavy atom. The van der Waals surface area contributed by atoms with Gasteiger partial charge in [0.2, 0.25) is 0 Å². The topological polar surface area (TPSA) is 54.5 Å². The minimum Gasteiger partial charge on any atom is -0.494 e. The van der Waals surface area contributed by atoms with Crippen LogP contribution in [0.15, 0.2) is 17.5 Å². The molecule has 8 heteroatoms. The van der Waals surface area contributed by atoms with Crippen molar-refractivity contribution in [3.8, 4) is 5.75 Å². The lowest BCUT2D eigenvalue weighted by Gasteiger charge is -2.30. The van der Waals surface area contributed by atoms with Crippen LogP contribution in [0.25, 0.3) is 0 Å². The molecule has 1 atom stereocenters. The van der Waals surface area contributed by atoms with Crippen LogP contribution in [0, 0.1) is 5.92 Å². The van der Waals surface area contributed by atoms with Gasteiger partial charge < -0.3 is 4.74 Å². The van der Waals surface area contributed by atoms with Crippen molar-refractivity contribution in [1.82, 2.24) is 9.88 Å². The van der Waals surface area contributed by atoms with Gasteiger partial charge in [0.1, 0.15) is 0 Å². The number of carbonyl (C=O) groups excluding carboxylic acids is 1. The van der Waals surface area contributed by atoms with Crippen molar-refractivity contribution in [2.45, 2.75) is 26.3 Å². The van der Waals surface area contributed by atoms with Gasteiger partial charge in [0.25, 0.3) is 5.91 Å². The number of hydrogen-bond acceptors (Lipinski definition) is 5. The average molecular weight is 414 g/mol. The molecule has 2 aromatic rings. The molecular formula is C18H21Cl2N3O2S. The molecule has 0 radical (unpaired) electrons. The highest BCUT2D eigenvalue weighted by Gasteiger charge is 2.18. The molecule has 1 N–H and O–H groups in total. The van der Waals surface area contributed by atoms with E-state index in [9.17, 15) is 4.79 Å². The predicted octanol–water partition coefficient (Wildman–Crippen LogP) is 4.94. The first-order valence-electron chi connectivity index (χ1n) is 8.47. The molecule has 5 nitrogen and oxygen atoms in total.